The smallest absolute Gasteiger partial charge is 0.338 e. The molecule has 144 valence electrons. The number of rotatable bonds is 9. The first-order chi connectivity index (χ1) is 13.0. The highest BCUT2D eigenvalue weighted by Crippen LogP contribution is 2.28. The molecule has 0 heterocycles. The minimum absolute atomic E-state index is 0.293. The molecule has 2 aromatic rings. The topological polar surface area (TPSA) is 73.9 Å². The van der Waals surface area contributed by atoms with Gasteiger partial charge < -0.3 is 19.5 Å². The van der Waals surface area contributed by atoms with Crippen LogP contribution < -0.4 is 14.8 Å². The van der Waals surface area contributed by atoms with Crippen LogP contribution in [0.4, 0.5) is 0 Å². The van der Waals surface area contributed by atoms with E-state index in [1.165, 1.54) is 0 Å². The van der Waals surface area contributed by atoms with Gasteiger partial charge in [0.25, 0.3) is 5.91 Å². The highest BCUT2D eigenvalue weighted by molar-refractivity contribution is 9.10. The minimum atomic E-state index is -0.600. The van der Waals surface area contributed by atoms with Gasteiger partial charge in [0.1, 0.15) is 0 Å². The average molecular weight is 436 g/mol. The summed E-state index contributed by atoms with van der Waals surface area (Å²) in [4.78, 5) is 24.1. The molecule has 0 saturated heterocycles. The Morgan fingerprint density at radius 2 is 1.74 bits per heavy atom. The number of hydrogen-bond donors (Lipinski definition) is 1. The van der Waals surface area contributed by atoms with Gasteiger partial charge >= 0.3 is 5.97 Å². The molecule has 1 amide bonds. The van der Waals surface area contributed by atoms with Crippen molar-refractivity contribution in [2.45, 2.75) is 20.4 Å². The minimum Gasteiger partial charge on any atom is -0.490 e. The highest BCUT2D eigenvalue weighted by Gasteiger charge is 2.14. The lowest BCUT2D eigenvalue weighted by molar-refractivity contribution is -0.124. The predicted octanol–water partition coefficient (Wildman–Crippen LogP) is 3.72. The summed E-state index contributed by atoms with van der Waals surface area (Å²) in [6, 6.07) is 12.4. The van der Waals surface area contributed by atoms with Crippen LogP contribution in [0.1, 0.15) is 29.8 Å². The summed E-state index contributed by atoms with van der Waals surface area (Å²) in [5.41, 5.74) is 1.23. The fourth-order valence-electron chi connectivity index (χ4n) is 2.29. The quantitative estimate of drug-likeness (QED) is 0.607. The van der Waals surface area contributed by atoms with E-state index in [2.05, 4.69) is 21.2 Å². The summed E-state index contributed by atoms with van der Waals surface area (Å²) in [6.07, 6.45) is 0. The van der Waals surface area contributed by atoms with Crippen LogP contribution in [0.2, 0.25) is 0 Å². The molecular formula is C20H22BrNO5. The largest absolute Gasteiger partial charge is 0.490 e. The second-order valence-electron chi connectivity index (χ2n) is 5.51. The maximum atomic E-state index is 12.2. The van der Waals surface area contributed by atoms with E-state index in [9.17, 15) is 9.59 Å². The van der Waals surface area contributed by atoms with Crippen LogP contribution in [0.5, 0.6) is 11.5 Å². The maximum Gasteiger partial charge on any atom is 0.338 e. The second kappa shape index (κ2) is 10.6. The van der Waals surface area contributed by atoms with Crippen LogP contribution in [-0.2, 0) is 16.1 Å². The van der Waals surface area contributed by atoms with E-state index in [-0.39, 0.29) is 12.5 Å². The van der Waals surface area contributed by atoms with E-state index in [1.807, 2.05) is 38.1 Å². The summed E-state index contributed by atoms with van der Waals surface area (Å²) in [7, 11) is 0. The fraction of sp³-hybridized carbons (Fsp3) is 0.300. The molecule has 0 aliphatic rings. The van der Waals surface area contributed by atoms with E-state index in [0.717, 1.165) is 10.0 Å². The van der Waals surface area contributed by atoms with E-state index >= 15 is 0 Å². The number of halogens is 1. The van der Waals surface area contributed by atoms with Crippen LogP contribution in [0.25, 0.3) is 0 Å². The molecule has 27 heavy (non-hydrogen) atoms. The zero-order chi connectivity index (χ0) is 19.6. The normalized spacial score (nSPS) is 10.2. The lowest BCUT2D eigenvalue weighted by atomic mass is 10.2. The molecule has 0 aliphatic heterocycles. The van der Waals surface area contributed by atoms with E-state index in [1.54, 1.807) is 18.2 Å². The van der Waals surface area contributed by atoms with Gasteiger partial charge in [-0.2, -0.15) is 0 Å². The third-order valence-corrected chi connectivity index (χ3v) is 3.99. The number of amides is 1. The van der Waals surface area contributed by atoms with Gasteiger partial charge in [-0.1, -0.05) is 28.1 Å². The standard InChI is InChI=1S/C20H22BrNO5/c1-3-25-17-9-8-15(11-18(17)26-4-2)20(24)27-13-19(23)22-12-14-6-5-7-16(21)10-14/h5-11H,3-4,12-13H2,1-2H3,(H,22,23). The molecule has 0 aromatic heterocycles. The van der Waals surface area contributed by atoms with Gasteiger partial charge in [0.15, 0.2) is 18.1 Å². The predicted molar refractivity (Wildman–Crippen MR) is 105 cm³/mol. The van der Waals surface area contributed by atoms with Crippen LogP contribution in [0, 0.1) is 0 Å². The van der Waals surface area contributed by atoms with Crippen molar-refractivity contribution in [3.8, 4) is 11.5 Å². The first kappa shape index (κ1) is 20.8. The van der Waals surface area contributed by atoms with Crippen LogP contribution >= 0.6 is 15.9 Å². The Morgan fingerprint density at radius 1 is 1.00 bits per heavy atom. The van der Waals surface area contributed by atoms with Crippen molar-refractivity contribution in [1.29, 1.82) is 0 Å². The summed E-state index contributed by atoms with van der Waals surface area (Å²) >= 11 is 3.38. The second-order valence-corrected chi connectivity index (χ2v) is 6.43. The van der Waals surface area contributed by atoms with Crippen molar-refractivity contribution >= 4 is 27.8 Å². The molecule has 1 N–H and O–H groups in total. The van der Waals surface area contributed by atoms with E-state index < -0.39 is 5.97 Å². The SMILES string of the molecule is CCOc1ccc(C(=O)OCC(=O)NCc2cccc(Br)c2)cc1OCC. The molecule has 0 saturated carbocycles. The Morgan fingerprint density at radius 3 is 2.44 bits per heavy atom. The number of esters is 1. The van der Waals surface area contributed by atoms with Crippen molar-refractivity contribution in [3.05, 3.63) is 58.1 Å². The zero-order valence-electron chi connectivity index (χ0n) is 15.3. The number of benzene rings is 2. The van der Waals surface area contributed by atoms with Crippen LogP contribution in [-0.4, -0.2) is 31.7 Å². The Hall–Kier alpha value is -2.54. The molecule has 2 rings (SSSR count). The van der Waals surface area contributed by atoms with E-state index in [4.69, 9.17) is 14.2 Å². The molecule has 0 fully saturated rings. The van der Waals surface area contributed by atoms with Gasteiger partial charge in [-0.05, 0) is 49.7 Å². The van der Waals surface area contributed by atoms with Crippen molar-refractivity contribution in [1.82, 2.24) is 5.32 Å². The number of carbonyl (C=O) groups is 2. The molecule has 0 aliphatic carbocycles. The highest BCUT2D eigenvalue weighted by atomic mass is 79.9. The van der Waals surface area contributed by atoms with E-state index in [0.29, 0.717) is 36.8 Å². The summed E-state index contributed by atoms with van der Waals surface area (Å²) in [5, 5.41) is 2.71. The Labute approximate surface area is 166 Å². The molecule has 2 aromatic carbocycles. The lowest BCUT2D eigenvalue weighted by Gasteiger charge is -2.12. The van der Waals surface area contributed by atoms with Crippen molar-refractivity contribution in [3.63, 3.8) is 0 Å². The number of nitrogens with one attached hydrogen (secondary N) is 1. The third kappa shape index (κ3) is 6.60. The zero-order valence-corrected chi connectivity index (χ0v) is 16.9. The Balaban J connectivity index is 1.88. The van der Waals surface area contributed by atoms with Crippen molar-refractivity contribution in [2.24, 2.45) is 0 Å². The monoisotopic (exact) mass is 435 g/mol. The molecule has 0 unspecified atom stereocenters. The van der Waals surface area contributed by atoms with Gasteiger partial charge in [-0.25, -0.2) is 4.79 Å². The summed E-state index contributed by atoms with van der Waals surface area (Å²) in [6.45, 7) is 4.64. The molecule has 0 atom stereocenters. The fourth-order valence-corrected chi connectivity index (χ4v) is 2.74. The third-order valence-electron chi connectivity index (χ3n) is 3.49. The van der Waals surface area contributed by atoms with Gasteiger partial charge in [0.05, 0.1) is 18.8 Å². The van der Waals surface area contributed by atoms with Gasteiger partial charge in [0, 0.05) is 11.0 Å². The Kier molecular flexibility index (Phi) is 8.13. The van der Waals surface area contributed by atoms with Gasteiger partial charge in [0.2, 0.25) is 0 Å². The lowest BCUT2D eigenvalue weighted by Crippen LogP contribution is -2.28. The van der Waals surface area contributed by atoms with Crippen molar-refractivity contribution < 1.29 is 23.8 Å². The molecule has 6 nitrogen and oxygen atoms in total. The molecule has 0 bridgehead atoms. The summed E-state index contributed by atoms with van der Waals surface area (Å²) < 4.78 is 17.0. The number of hydrogen-bond acceptors (Lipinski definition) is 5. The number of ether oxygens (including phenoxy) is 3. The van der Waals surface area contributed by atoms with Gasteiger partial charge in [-0.15, -0.1) is 0 Å². The first-order valence-corrected chi connectivity index (χ1v) is 9.40. The van der Waals surface area contributed by atoms with Gasteiger partial charge in [-0.3, -0.25) is 4.79 Å². The van der Waals surface area contributed by atoms with Crippen molar-refractivity contribution in [2.75, 3.05) is 19.8 Å². The maximum absolute atomic E-state index is 12.2. The van der Waals surface area contributed by atoms with Crippen LogP contribution in [0.15, 0.2) is 46.9 Å². The number of carbonyl (C=O) groups excluding carboxylic acids is 2. The Bertz CT molecular complexity index is 794. The average Bonchev–Trinajstić information content (AvgIpc) is 2.66. The first-order valence-electron chi connectivity index (χ1n) is 8.61. The molecule has 0 spiro atoms. The molecule has 0 radical (unpaired) electrons. The van der Waals surface area contributed by atoms with Crippen LogP contribution in [0.3, 0.4) is 0 Å². The molecular weight excluding hydrogens is 414 g/mol. The summed E-state index contributed by atoms with van der Waals surface area (Å²) in [5.74, 6) is 0.0477. The molecule has 7 heteroatoms.